The minimum Gasteiger partial charge on any atom is -0.462 e. The number of ether oxygens (including phenoxy) is 1. The first-order chi connectivity index (χ1) is 15.6. The van der Waals surface area contributed by atoms with E-state index in [-0.39, 0.29) is 28.9 Å². The van der Waals surface area contributed by atoms with Crippen LogP contribution in [0.25, 0.3) is 6.08 Å². The number of aromatic nitrogens is 2. The summed E-state index contributed by atoms with van der Waals surface area (Å²) in [5.74, 6) is 1.76. The number of Topliss-reactive ketones (excluding diaryl/α,β-unsaturated/α-hetero) is 1. The van der Waals surface area contributed by atoms with Crippen LogP contribution in [0, 0.1) is 28.6 Å². The fourth-order valence-corrected chi connectivity index (χ4v) is 7.81. The van der Waals surface area contributed by atoms with Crippen LogP contribution in [0.3, 0.4) is 0 Å². The molecular weight excluding hydrogens is 412 g/mol. The molecule has 1 aromatic rings. The number of fused-ring (bicyclic) bond motifs is 5. The van der Waals surface area contributed by atoms with Crippen LogP contribution in [0.1, 0.15) is 91.3 Å². The van der Waals surface area contributed by atoms with E-state index in [2.05, 4.69) is 44.9 Å². The monoisotopic (exact) mass is 450 g/mol. The van der Waals surface area contributed by atoms with Crippen LogP contribution >= 0.6 is 0 Å². The van der Waals surface area contributed by atoms with Gasteiger partial charge >= 0.3 is 5.97 Å². The molecule has 0 unspecified atom stereocenters. The van der Waals surface area contributed by atoms with Crippen molar-refractivity contribution >= 4 is 17.8 Å². The Hall–Kier alpha value is -2.17. The Morgan fingerprint density at radius 2 is 1.94 bits per heavy atom. The summed E-state index contributed by atoms with van der Waals surface area (Å²) in [5.41, 5.74) is 3.45. The van der Waals surface area contributed by atoms with Crippen molar-refractivity contribution in [3.05, 3.63) is 35.2 Å². The van der Waals surface area contributed by atoms with Gasteiger partial charge in [-0.1, -0.05) is 25.5 Å². The molecule has 4 aliphatic carbocycles. The molecule has 178 valence electrons. The van der Waals surface area contributed by atoms with Crippen molar-refractivity contribution in [3.63, 3.8) is 0 Å². The normalized spacial score (nSPS) is 39.2. The lowest BCUT2D eigenvalue weighted by atomic mass is 9.48. The summed E-state index contributed by atoms with van der Waals surface area (Å²) in [6.45, 7) is 10.4. The predicted octanol–water partition coefficient (Wildman–Crippen LogP) is 5.92. The van der Waals surface area contributed by atoms with Crippen LogP contribution in [0.5, 0.6) is 0 Å². The third-order valence-electron chi connectivity index (χ3n) is 9.54. The molecule has 0 aliphatic heterocycles. The summed E-state index contributed by atoms with van der Waals surface area (Å²) >= 11 is 0. The smallest absolute Gasteiger partial charge is 0.302 e. The molecule has 0 aromatic carbocycles. The lowest BCUT2D eigenvalue weighted by Crippen LogP contribution is -2.50. The van der Waals surface area contributed by atoms with Crippen LogP contribution in [-0.2, 0) is 14.3 Å². The number of hydrogen-bond acceptors (Lipinski definition) is 4. The number of rotatable bonds is 3. The highest BCUT2D eigenvalue weighted by atomic mass is 16.5. The largest absolute Gasteiger partial charge is 0.462 e. The Kier molecular flexibility index (Phi) is 5.45. The highest BCUT2D eigenvalue weighted by Crippen LogP contribution is 2.64. The van der Waals surface area contributed by atoms with Gasteiger partial charge < -0.3 is 4.74 Å². The maximum Gasteiger partial charge on any atom is 0.302 e. The standard InChI is InChI=1S/C28H38N2O3/c1-17(2)30-21(10-13-29-30)14-19-15-25-23-7-6-20-16-22(33-18(3)31)8-11-27(20,4)24(23)9-12-28(25,5)26(19)32/h6,10,13-14,17,22-25H,7-9,11-12,15-16H2,1-5H3/b19-14+/t22-,23-,24+,25+,27-,28+/m0/s1. The van der Waals surface area contributed by atoms with E-state index >= 15 is 0 Å². The third-order valence-corrected chi connectivity index (χ3v) is 9.54. The molecule has 0 radical (unpaired) electrons. The third kappa shape index (κ3) is 3.54. The number of hydrogen-bond donors (Lipinski definition) is 0. The Balaban J connectivity index is 1.43. The number of allylic oxidation sites excluding steroid dienone is 2. The van der Waals surface area contributed by atoms with Crippen LogP contribution < -0.4 is 0 Å². The number of esters is 1. The zero-order chi connectivity index (χ0) is 23.5. The highest BCUT2D eigenvalue weighted by Gasteiger charge is 2.60. The Morgan fingerprint density at radius 1 is 1.18 bits per heavy atom. The van der Waals surface area contributed by atoms with Crippen LogP contribution in [0.4, 0.5) is 0 Å². The summed E-state index contributed by atoms with van der Waals surface area (Å²) in [6.07, 6.45) is 13.4. The van der Waals surface area contributed by atoms with E-state index in [1.165, 1.54) is 12.5 Å². The molecule has 3 saturated carbocycles. The second-order valence-electron chi connectivity index (χ2n) is 11.7. The quantitative estimate of drug-likeness (QED) is 0.326. The Morgan fingerprint density at radius 3 is 2.67 bits per heavy atom. The number of nitrogens with zero attached hydrogens (tertiary/aromatic N) is 2. The van der Waals surface area contributed by atoms with Gasteiger partial charge in [0.05, 0.1) is 5.69 Å². The molecule has 4 aliphatic rings. The van der Waals surface area contributed by atoms with Crippen molar-refractivity contribution in [2.45, 2.75) is 91.7 Å². The van der Waals surface area contributed by atoms with Crippen LogP contribution in [-0.4, -0.2) is 27.6 Å². The molecule has 33 heavy (non-hydrogen) atoms. The summed E-state index contributed by atoms with van der Waals surface area (Å²) in [4.78, 5) is 25.2. The second kappa shape index (κ2) is 7.95. The van der Waals surface area contributed by atoms with Crippen molar-refractivity contribution in [2.75, 3.05) is 0 Å². The van der Waals surface area contributed by atoms with Crippen LogP contribution in [0.15, 0.2) is 29.5 Å². The molecule has 5 nitrogen and oxygen atoms in total. The van der Waals surface area contributed by atoms with Gasteiger partial charge in [-0.05, 0) is 93.3 Å². The second-order valence-corrected chi connectivity index (χ2v) is 11.7. The molecule has 5 heteroatoms. The SMILES string of the molecule is CC(=O)O[C@H]1CC[C@@]2(C)C(=CC[C@@H]3[C@H]4C/C(=C\c5ccnn5C(C)C)C(=O)[C@]4(C)CC[C@H]32)C1. The summed E-state index contributed by atoms with van der Waals surface area (Å²) in [5, 5.41) is 4.46. The molecule has 5 rings (SSSR count). The molecule has 1 heterocycles. The number of carbonyl (C=O) groups is 2. The summed E-state index contributed by atoms with van der Waals surface area (Å²) in [6, 6.07) is 2.29. The van der Waals surface area contributed by atoms with E-state index in [9.17, 15) is 9.59 Å². The first kappa shape index (κ1) is 22.6. The lowest BCUT2D eigenvalue weighted by Gasteiger charge is -2.56. The first-order valence-electron chi connectivity index (χ1n) is 12.8. The van der Waals surface area contributed by atoms with E-state index in [1.807, 2.05) is 16.9 Å². The predicted molar refractivity (Wildman–Crippen MR) is 128 cm³/mol. The zero-order valence-corrected chi connectivity index (χ0v) is 20.8. The Bertz CT molecular complexity index is 1030. The van der Waals surface area contributed by atoms with E-state index in [4.69, 9.17) is 4.74 Å². The van der Waals surface area contributed by atoms with Gasteiger partial charge in [-0.3, -0.25) is 14.3 Å². The lowest BCUT2D eigenvalue weighted by molar-refractivity contribution is -0.148. The number of ketones is 1. The van der Waals surface area contributed by atoms with Gasteiger partial charge in [-0.25, -0.2) is 0 Å². The molecule has 0 bridgehead atoms. The van der Waals surface area contributed by atoms with Gasteiger partial charge in [0.2, 0.25) is 0 Å². The van der Waals surface area contributed by atoms with E-state index in [0.29, 0.717) is 23.5 Å². The molecule has 6 atom stereocenters. The minimum absolute atomic E-state index is 0.0284. The molecule has 0 amide bonds. The van der Waals surface area contributed by atoms with Crippen LogP contribution in [0.2, 0.25) is 0 Å². The fourth-order valence-electron chi connectivity index (χ4n) is 7.81. The highest BCUT2D eigenvalue weighted by molar-refractivity contribution is 6.05. The van der Waals surface area contributed by atoms with Crippen molar-refractivity contribution < 1.29 is 14.3 Å². The van der Waals surface area contributed by atoms with Crippen molar-refractivity contribution in [3.8, 4) is 0 Å². The maximum atomic E-state index is 13.7. The minimum atomic E-state index is -0.244. The van der Waals surface area contributed by atoms with Gasteiger partial charge in [-0.2, -0.15) is 5.10 Å². The maximum absolute atomic E-state index is 13.7. The molecule has 1 aromatic heterocycles. The summed E-state index contributed by atoms with van der Waals surface area (Å²) < 4.78 is 7.58. The van der Waals surface area contributed by atoms with E-state index in [1.54, 1.807) is 0 Å². The van der Waals surface area contributed by atoms with Gasteiger partial charge in [0, 0.05) is 31.0 Å². The first-order valence-corrected chi connectivity index (χ1v) is 12.8. The average molecular weight is 451 g/mol. The van der Waals surface area contributed by atoms with Crippen molar-refractivity contribution in [1.29, 1.82) is 0 Å². The topological polar surface area (TPSA) is 61.2 Å². The molecular formula is C28H38N2O3. The van der Waals surface area contributed by atoms with Gasteiger partial charge in [0.15, 0.2) is 5.78 Å². The molecule has 3 fully saturated rings. The van der Waals surface area contributed by atoms with Crippen molar-refractivity contribution in [1.82, 2.24) is 9.78 Å². The van der Waals surface area contributed by atoms with E-state index in [0.717, 1.165) is 56.2 Å². The van der Waals surface area contributed by atoms with Gasteiger partial charge in [0.25, 0.3) is 0 Å². The van der Waals surface area contributed by atoms with Gasteiger partial charge in [-0.15, -0.1) is 0 Å². The van der Waals surface area contributed by atoms with Crippen molar-refractivity contribution in [2.24, 2.45) is 28.6 Å². The summed E-state index contributed by atoms with van der Waals surface area (Å²) in [7, 11) is 0. The molecule has 0 spiro atoms. The zero-order valence-electron chi connectivity index (χ0n) is 20.8. The van der Waals surface area contributed by atoms with E-state index < -0.39 is 0 Å². The molecule has 0 saturated heterocycles. The average Bonchev–Trinajstić information content (AvgIpc) is 3.32. The number of carbonyl (C=O) groups excluding carboxylic acids is 2. The van der Waals surface area contributed by atoms with Gasteiger partial charge in [0.1, 0.15) is 6.10 Å². The Labute approximate surface area is 197 Å². The molecule has 0 N–H and O–H groups in total. The fraction of sp³-hybridized carbons (Fsp3) is 0.679.